The fraction of sp³-hybridized carbons (Fsp3) is 0.364. The average Bonchev–Trinajstić information content (AvgIpc) is 3.03. The summed E-state index contributed by atoms with van der Waals surface area (Å²) in [5.74, 6) is 1.66. The quantitative estimate of drug-likeness (QED) is 0.603. The number of aromatic amines is 1. The zero-order valence-corrected chi connectivity index (χ0v) is 16.1. The maximum Gasteiger partial charge on any atom is 0.128 e. The van der Waals surface area contributed by atoms with Crippen molar-refractivity contribution in [2.24, 2.45) is 5.73 Å². The number of benzene rings is 2. The zero-order chi connectivity index (χ0) is 18.7. The fourth-order valence-electron chi connectivity index (χ4n) is 3.51. The lowest BCUT2D eigenvalue weighted by Crippen LogP contribution is -1.99. The van der Waals surface area contributed by atoms with E-state index in [4.69, 9.17) is 15.2 Å². The van der Waals surface area contributed by atoms with Gasteiger partial charge in [-0.3, -0.25) is 0 Å². The predicted octanol–water partition coefficient (Wildman–Crippen LogP) is 4.75. The van der Waals surface area contributed by atoms with Crippen molar-refractivity contribution in [1.29, 1.82) is 0 Å². The predicted molar refractivity (Wildman–Crippen MR) is 108 cm³/mol. The van der Waals surface area contributed by atoms with Crippen molar-refractivity contribution >= 4 is 10.9 Å². The molecule has 0 saturated heterocycles. The fourth-order valence-corrected chi connectivity index (χ4v) is 3.51. The molecule has 0 aliphatic carbocycles. The van der Waals surface area contributed by atoms with Crippen LogP contribution in [0.3, 0.4) is 0 Å². The number of hydrogen-bond acceptors (Lipinski definition) is 3. The van der Waals surface area contributed by atoms with E-state index >= 15 is 0 Å². The first kappa shape index (κ1) is 18.3. The van der Waals surface area contributed by atoms with Gasteiger partial charge in [0.15, 0.2) is 0 Å². The van der Waals surface area contributed by atoms with Gasteiger partial charge >= 0.3 is 0 Å². The Balaban J connectivity index is 2.24. The van der Waals surface area contributed by atoms with E-state index in [-0.39, 0.29) is 0 Å². The van der Waals surface area contributed by atoms with Crippen molar-refractivity contribution in [3.8, 4) is 22.8 Å². The Morgan fingerprint density at radius 2 is 1.81 bits per heavy atom. The third-order valence-electron chi connectivity index (χ3n) is 5.17. The van der Waals surface area contributed by atoms with Gasteiger partial charge in [0.2, 0.25) is 0 Å². The van der Waals surface area contributed by atoms with Crippen molar-refractivity contribution in [2.45, 2.75) is 33.1 Å². The molecule has 1 aromatic heterocycles. The van der Waals surface area contributed by atoms with E-state index in [0.717, 1.165) is 48.6 Å². The zero-order valence-electron chi connectivity index (χ0n) is 16.1. The van der Waals surface area contributed by atoms with Gasteiger partial charge in [-0.25, -0.2) is 0 Å². The summed E-state index contributed by atoms with van der Waals surface area (Å²) in [4.78, 5) is 3.68. The van der Waals surface area contributed by atoms with E-state index in [1.54, 1.807) is 14.2 Å². The van der Waals surface area contributed by atoms with Gasteiger partial charge in [0.05, 0.1) is 19.9 Å². The molecule has 0 spiro atoms. The van der Waals surface area contributed by atoms with Crippen LogP contribution in [0.5, 0.6) is 11.5 Å². The van der Waals surface area contributed by atoms with E-state index in [1.807, 2.05) is 18.2 Å². The number of H-pyrrole nitrogens is 1. The summed E-state index contributed by atoms with van der Waals surface area (Å²) in [7, 11) is 3.39. The van der Waals surface area contributed by atoms with Crippen LogP contribution < -0.4 is 15.2 Å². The molecule has 26 heavy (non-hydrogen) atoms. The van der Waals surface area contributed by atoms with Crippen LogP contribution in [0.4, 0.5) is 0 Å². The average molecular weight is 352 g/mol. The monoisotopic (exact) mass is 352 g/mol. The SMILES string of the molecule is COc1ccc(OC)c(-c2[nH]c3c(C)c(C)ccc3c2CCCCN)c1. The Kier molecular flexibility index (Phi) is 5.52. The van der Waals surface area contributed by atoms with Crippen molar-refractivity contribution in [2.75, 3.05) is 20.8 Å². The molecule has 4 heteroatoms. The lowest BCUT2D eigenvalue weighted by molar-refractivity contribution is 0.404. The van der Waals surface area contributed by atoms with Crippen molar-refractivity contribution < 1.29 is 9.47 Å². The third kappa shape index (κ3) is 3.29. The number of rotatable bonds is 7. The second kappa shape index (κ2) is 7.83. The minimum atomic E-state index is 0.721. The lowest BCUT2D eigenvalue weighted by Gasteiger charge is -2.11. The van der Waals surface area contributed by atoms with Gasteiger partial charge in [0.1, 0.15) is 11.5 Å². The van der Waals surface area contributed by atoms with E-state index in [1.165, 1.54) is 27.6 Å². The van der Waals surface area contributed by atoms with Crippen LogP contribution in [0.15, 0.2) is 30.3 Å². The summed E-state index contributed by atoms with van der Waals surface area (Å²) in [5, 5.41) is 1.28. The second-order valence-corrected chi connectivity index (χ2v) is 6.72. The summed E-state index contributed by atoms with van der Waals surface area (Å²) in [6.07, 6.45) is 3.07. The number of nitrogens with two attached hydrogens (primary N) is 1. The van der Waals surface area contributed by atoms with Crippen LogP contribution in [0.2, 0.25) is 0 Å². The maximum atomic E-state index is 5.71. The van der Waals surface area contributed by atoms with Crippen LogP contribution in [-0.2, 0) is 6.42 Å². The van der Waals surface area contributed by atoms with Gasteiger partial charge in [-0.1, -0.05) is 12.1 Å². The first-order valence-corrected chi connectivity index (χ1v) is 9.14. The number of fused-ring (bicyclic) bond motifs is 1. The minimum Gasteiger partial charge on any atom is -0.497 e. The number of aromatic nitrogens is 1. The number of hydrogen-bond donors (Lipinski definition) is 2. The summed E-state index contributed by atoms with van der Waals surface area (Å²) < 4.78 is 11.1. The molecule has 0 aliphatic rings. The second-order valence-electron chi connectivity index (χ2n) is 6.72. The first-order valence-electron chi connectivity index (χ1n) is 9.14. The summed E-state index contributed by atoms with van der Waals surface area (Å²) in [5.41, 5.74) is 13.0. The highest BCUT2D eigenvalue weighted by Gasteiger charge is 2.18. The Hall–Kier alpha value is -2.46. The molecule has 1 heterocycles. The highest BCUT2D eigenvalue weighted by Crippen LogP contribution is 2.39. The molecule has 0 fully saturated rings. The highest BCUT2D eigenvalue weighted by molar-refractivity contribution is 5.94. The molecule has 3 N–H and O–H groups in total. The third-order valence-corrected chi connectivity index (χ3v) is 5.17. The maximum absolute atomic E-state index is 5.71. The minimum absolute atomic E-state index is 0.721. The summed E-state index contributed by atoms with van der Waals surface area (Å²) >= 11 is 0. The number of aryl methyl sites for hydroxylation is 3. The van der Waals surface area contributed by atoms with E-state index < -0.39 is 0 Å². The van der Waals surface area contributed by atoms with Crippen molar-refractivity contribution in [1.82, 2.24) is 4.98 Å². The molecular formula is C22H28N2O2. The lowest BCUT2D eigenvalue weighted by atomic mass is 9.98. The molecule has 0 atom stereocenters. The Bertz CT molecular complexity index is 912. The molecule has 0 saturated carbocycles. The summed E-state index contributed by atoms with van der Waals surface area (Å²) in [6.45, 7) is 5.04. The normalized spacial score (nSPS) is 11.1. The number of ether oxygens (including phenoxy) is 2. The molecule has 0 bridgehead atoms. The van der Waals surface area contributed by atoms with Crippen molar-refractivity contribution in [3.63, 3.8) is 0 Å². The molecule has 0 radical (unpaired) electrons. The number of methoxy groups -OCH3 is 2. The smallest absolute Gasteiger partial charge is 0.128 e. The largest absolute Gasteiger partial charge is 0.497 e. The van der Waals surface area contributed by atoms with Crippen LogP contribution >= 0.6 is 0 Å². The van der Waals surface area contributed by atoms with Gasteiger partial charge in [0.25, 0.3) is 0 Å². The molecule has 4 nitrogen and oxygen atoms in total. The highest BCUT2D eigenvalue weighted by atomic mass is 16.5. The Morgan fingerprint density at radius 3 is 2.50 bits per heavy atom. The van der Waals surface area contributed by atoms with E-state index in [2.05, 4.69) is 31.0 Å². The molecule has 0 unspecified atom stereocenters. The van der Waals surface area contributed by atoms with Crippen LogP contribution in [0.25, 0.3) is 22.2 Å². The molecule has 0 amide bonds. The Morgan fingerprint density at radius 1 is 1.00 bits per heavy atom. The number of nitrogens with one attached hydrogen (secondary N) is 1. The molecular weight excluding hydrogens is 324 g/mol. The Labute approximate surface area is 155 Å². The molecule has 2 aromatic carbocycles. The van der Waals surface area contributed by atoms with Gasteiger partial charge in [0, 0.05) is 16.5 Å². The van der Waals surface area contributed by atoms with E-state index in [0.29, 0.717) is 0 Å². The van der Waals surface area contributed by atoms with Gasteiger partial charge < -0.3 is 20.2 Å². The van der Waals surface area contributed by atoms with Crippen molar-refractivity contribution in [3.05, 3.63) is 47.0 Å². The molecule has 0 aliphatic heterocycles. The van der Waals surface area contributed by atoms with Crippen LogP contribution in [0, 0.1) is 13.8 Å². The molecule has 3 aromatic rings. The first-order chi connectivity index (χ1) is 12.6. The van der Waals surface area contributed by atoms with Gasteiger partial charge in [-0.2, -0.15) is 0 Å². The van der Waals surface area contributed by atoms with Crippen LogP contribution in [0.1, 0.15) is 29.5 Å². The standard InChI is InChI=1S/C22H28N2O2/c1-14-8-10-18-17(7-5-6-12-23)22(24-21(18)15(14)2)19-13-16(25-3)9-11-20(19)26-4/h8-11,13,24H,5-7,12,23H2,1-4H3. The molecule has 3 rings (SSSR count). The summed E-state index contributed by atoms with van der Waals surface area (Å²) in [6, 6.07) is 10.3. The number of unbranched alkanes of at least 4 members (excludes halogenated alkanes) is 1. The topological polar surface area (TPSA) is 60.3 Å². The van der Waals surface area contributed by atoms with Crippen LogP contribution in [-0.4, -0.2) is 25.7 Å². The molecule has 138 valence electrons. The van der Waals surface area contributed by atoms with Gasteiger partial charge in [-0.05, 0) is 74.5 Å². The van der Waals surface area contributed by atoms with E-state index in [9.17, 15) is 0 Å². The van der Waals surface area contributed by atoms with Gasteiger partial charge in [-0.15, -0.1) is 0 Å².